The van der Waals surface area contributed by atoms with Gasteiger partial charge in [0.1, 0.15) is 5.54 Å². The van der Waals surface area contributed by atoms with Gasteiger partial charge in [-0.05, 0) is 25.1 Å². The molecule has 23 heavy (non-hydrogen) atoms. The Hall–Kier alpha value is -2.25. The van der Waals surface area contributed by atoms with Gasteiger partial charge in [-0.2, -0.15) is 18.3 Å². The summed E-state index contributed by atoms with van der Waals surface area (Å²) in [6.45, 7) is 5.47. The van der Waals surface area contributed by atoms with Gasteiger partial charge >= 0.3 is 0 Å². The summed E-state index contributed by atoms with van der Waals surface area (Å²) in [4.78, 5) is 24.4. The highest BCUT2D eigenvalue weighted by Gasteiger charge is 2.53. The maximum absolute atomic E-state index is 12.7. The SMILES string of the molecule is C=C[C@@]12NN(S(=O)(=O)c3ccc(C)cc3)C(=O)C[C@@H]1C=CC2=O. The van der Waals surface area contributed by atoms with Crippen molar-refractivity contribution in [3.05, 3.63) is 54.6 Å². The van der Waals surface area contributed by atoms with E-state index in [1.54, 1.807) is 18.2 Å². The number of amides is 1. The zero-order chi connectivity index (χ0) is 16.8. The quantitative estimate of drug-likeness (QED) is 0.838. The van der Waals surface area contributed by atoms with E-state index in [-0.39, 0.29) is 17.1 Å². The van der Waals surface area contributed by atoms with Gasteiger partial charge in [0, 0.05) is 12.3 Å². The monoisotopic (exact) mass is 332 g/mol. The van der Waals surface area contributed by atoms with Gasteiger partial charge in [-0.1, -0.05) is 29.8 Å². The summed E-state index contributed by atoms with van der Waals surface area (Å²) >= 11 is 0. The van der Waals surface area contributed by atoms with Gasteiger partial charge < -0.3 is 0 Å². The van der Waals surface area contributed by atoms with Crippen molar-refractivity contribution in [2.24, 2.45) is 5.92 Å². The van der Waals surface area contributed by atoms with Crippen LogP contribution in [-0.2, 0) is 19.6 Å². The molecule has 2 atom stereocenters. The van der Waals surface area contributed by atoms with Crippen LogP contribution in [0.5, 0.6) is 0 Å². The number of rotatable bonds is 3. The number of carbonyl (C=O) groups excluding carboxylic acids is 2. The third kappa shape index (κ3) is 2.24. The topological polar surface area (TPSA) is 83.6 Å². The Morgan fingerprint density at radius 3 is 2.57 bits per heavy atom. The highest BCUT2D eigenvalue weighted by molar-refractivity contribution is 7.89. The zero-order valence-electron chi connectivity index (χ0n) is 12.5. The Labute approximate surface area is 134 Å². The molecule has 0 spiro atoms. The molecule has 7 heteroatoms. The predicted molar refractivity (Wildman–Crippen MR) is 83.5 cm³/mol. The Bertz CT molecular complexity index is 826. The first-order valence-electron chi connectivity index (χ1n) is 7.10. The van der Waals surface area contributed by atoms with Crippen LogP contribution in [0.3, 0.4) is 0 Å². The Kier molecular flexibility index (Phi) is 3.50. The van der Waals surface area contributed by atoms with Gasteiger partial charge in [0.25, 0.3) is 15.9 Å². The highest BCUT2D eigenvalue weighted by Crippen LogP contribution is 2.36. The molecule has 1 amide bonds. The number of aryl methyl sites for hydroxylation is 1. The molecule has 2 aliphatic rings. The molecule has 120 valence electrons. The molecule has 0 bridgehead atoms. The third-order valence-corrected chi connectivity index (χ3v) is 5.90. The fourth-order valence-corrected chi connectivity index (χ4v) is 4.16. The number of ketones is 1. The largest absolute Gasteiger partial charge is 0.292 e. The van der Waals surface area contributed by atoms with Gasteiger partial charge in [0.2, 0.25) is 0 Å². The van der Waals surface area contributed by atoms with Crippen molar-refractivity contribution < 1.29 is 18.0 Å². The Balaban J connectivity index is 2.02. The van der Waals surface area contributed by atoms with E-state index in [1.165, 1.54) is 24.3 Å². The van der Waals surface area contributed by atoms with Gasteiger partial charge in [-0.15, -0.1) is 6.58 Å². The summed E-state index contributed by atoms with van der Waals surface area (Å²) in [5.41, 5.74) is 2.21. The fraction of sp³-hybridized carbons (Fsp3) is 0.250. The van der Waals surface area contributed by atoms with Crippen LogP contribution in [0.4, 0.5) is 0 Å². The van der Waals surface area contributed by atoms with Crippen molar-refractivity contribution in [3.63, 3.8) is 0 Å². The number of hydrazine groups is 1. The van der Waals surface area contributed by atoms with Gasteiger partial charge in [0.15, 0.2) is 5.78 Å². The minimum atomic E-state index is -4.09. The van der Waals surface area contributed by atoms with E-state index in [0.29, 0.717) is 4.41 Å². The molecule has 1 N–H and O–H groups in total. The highest BCUT2D eigenvalue weighted by atomic mass is 32.2. The molecule has 3 rings (SSSR count). The number of hydrogen-bond acceptors (Lipinski definition) is 5. The second-order valence-corrected chi connectivity index (χ2v) is 7.48. The first-order chi connectivity index (χ1) is 10.8. The number of nitrogens with zero attached hydrogens (tertiary/aromatic N) is 1. The van der Waals surface area contributed by atoms with Crippen molar-refractivity contribution in [1.29, 1.82) is 0 Å². The molecule has 0 saturated carbocycles. The van der Waals surface area contributed by atoms with Crippen molar-refractivity contribution in [2.45, 2.75) is 23.8 Å². The van der Waals surface area contributed by atoms with Gasteiger partial charge in [0.05, 0.1) is 4.90 Å². The first-order valence-corrected chi connectivity index (χ1v) is 8.54. The molecular weight excluding hydrogens is 316 g/mol. The van der Waals surface area contributed by atoms with Crippen LogP contribution < -0.4 is 5.43 Å². The van der Waals surface area contributed by atoms with E-state index < -0.39 is 27.4 Å². The van der Waals surface area contributed by atoms with E-state index in [0.717, 1.165) is 5.56 Å². The van der Waals surface area contributed by atoms with Crippen LogP contribution in [0.15, 0.2) is 54.0 Å². The molecule has 1 heterocycles. The molecule has 0 unspecified atom stereocenters. The van der Waals surface area contributed by atoms with E-state index in [9.17, 15) is 18.0 Å². The second-order valence-electron chi connectivity index (χ2n) is 5.70. The van der Waals surface area contributed by atoms with Crippen LogP contribution in [-0.4, -0.2) is 30.1 Å². The smallest absolute Gasteiger partial charge is 0.280 e. The molecule has 6 nitrogen and oxygen atoms in total. The molecule has 1 saturated heterocycles. The zero-order valence-corrected chi connectivity index (χ0v) is 13.3. The van der Waals surface area contributed by atoms with Gasteiger partial charge in [-0.3, -0.25) is 9.59 Å². The standard InChI is InChI=1S/C16H16N2O4S/c1-3-16-12(6-9-14(16)19)10-15(20)18(17-16)23(21,22)13-7-4-11(2)5-8-13/h3-9,12,17H,1,10H2,2H3/t12-,16+/m0/s1. The minimum Gasteiger partial charge on any atom is -0.292 e. The molecular formula is C16H16N2O4S. The van der Waals surface area contributed by atoms with Crippen molar-refractivity contribution in [1.82, 2.24) is 9.84 Å². The summed E-state index contributed by atoms with van der Waals surface area (Å²) in [7, 11) is -4.09. The lowest BCUT2D eigenvalue weighted by molar-refractivity contribution is -0.137. The number of nitrogens with one attached hydrogen (secondary N) is 1. The normalized spacial score (nSPS) is 27.2. The number of carbonyl (C=O) groups is 2. The van der Waals surface area contributed by atoms with Crippen LogP contribution in [0.25, 0.3) is 0 Å². The van der Waals surface area contributed by atoms with Crippen molar-refractivity contribution in [2.75, 3.05) is 0 Å². The van der Waals surface area contributed by atoms with E-state index in [2.05, 4.69) is 12.0 Å². The lowest BCUT2D eigenvalue weighted by Gasteiger charge is -2.41. The summed E-state index contributed by atoms with van der Waals surface area (Å²) in [5, 5.41) is 0. The molecule has 0 radical (unpaired) electrons. The number of fused-ring (bicyclic) bond motifs is 1. The van der Waals surface area contributed by atoms with E-state index >= 15 is 0 Å². The lowest BCUT2D eigenvalue weighted by atomic mass is 9.82. The molecule has 1 aromatic carbocycles. The number of benzene rings is 1. The molecule has 1 aliphatic heterocycles. The second kappa shape index (κ2) is 5.14. The van der Waals surface area contributed by atoms with E-state index in [4.69, 9.17) is 0 Å². The molecule has 1 fully saturated rings. The van der Waals surface area contributed by atoms with Crippen LogP contribution in [0.2, 0.25) is 0 Å². The number of sulfonamides is 1. The molecule has 1 aromatic rings. The maximum Gasteiger partial charge on any atom is 0.280 e. The lowest BCUT2D eigenvalue weighted by Crippen LogP contribution is -2.66. The average Bonchev–Trinajstić information content (AvgIpc) is 2.84. The fourth-order valence-electron chi connectivity index (χ4n) is 2.85. The maximum atomic E-state index is 12.7. The predicted octanol–water partition coefficient (Wildman–Crippen LogP) is 1.10. The summed E-state index contributed by atoms with van der Waals surface area (Å²) in [6.07, 6.45) is 4.26. The molecule has 0 aromatic heterocycles. The molecule has 1 aliphatic carbocycles. The van der Waals surface area contributed by atoms with Crippen LogP contribution in [0, 0.1) is 12.8 Å². The van der Waals surface area contributed by atoms with Crippen LogP contribution >= 0.6 is 0 Å². The first kappa shape index (κ1) is 15.6. The Morgan fingerprint density at radius 1 is 1.30 bits per heavy atom. The van der Waals surface area contributed by atoms with Gasteiger partial charge in [-0.25, -0.2) is 0 Å². The van der Waals surface area contributed by atoms with Crippen molar-refractivity contribution in [3.8, 4) is 0 Å². The van der Waals surface area contributed by atoms with Crippen molar-refractivity contribution >= 4 is 21.7 Å². The van der Waals surface area contributed by atoms with Crippen LogP contribution in [0.1, 0.15) is 12.0 Å². The summed E-state index contributed by atoms with van der Waals surface area (Å²) in [6, 6.07) is 6.16. The summed E-state index contributed by atoms with van der Waals surface area (Å²) in [5.74, 6) is -1.34. The minimum absolute atomic E-state index is 0.0139. The van der Waals surface area contributed by atoms with E-state index in [1.807, 2.05) is 6.92 Å². The Morgan fingerprint density at radius 2 is 1.96 bits per heavy atom. The number of hydrogen-bond donors (Lipinski definition) is 1. The third-order valence-electron chi connectivity index (χ3n) is 4.26. The average molecular weight is 332 g/mol. The summed E-state index contributed by atoms with van der Waals surface area (Å²) < 4.78 is 26.0.